The number of methoxy groups -OCH3 is 2. The third-order valence-corrected chi connectivity index (χ3v) is 6.26. The molecule has 0 spiro atoms. The summed E-state index contributed by atoms with van der Waals surface area (Å²) in [6, 6.07) is 21.2. The lowest BCUT2D eigenvalue weighted by Gasteiger charge is -2.35. The first kappa shape index (κ1) is 24.4. The van der Waals surface area contributed by atoms with Crippen molar-refractivity contribution in [2.45, 2.75) is 13.5 Å². The number of hydrogen-bond acceptors (Lipinski definition) is 6. The van der Waals surface area contributed by atoms with Gasteiger partial charge in [-0.25, -0.2) is 0 Å². The van der Waals surface area contributed by atoms with Gasteiger partial charge in [-0.2, -0.15) is 0 Å². The van der Waals surface area contributed by atoms with Crippen LogP contribution in [0.15, 0.2) is 66.7 Å². The third-order valence-electron chi connectivity index (χ3n) is 6.26. The predicted octanol–water partition coefficient (Wildman–Crippen LogP) is 4.68. The molecular weight excluding hydrogens is 442 g/mol. The molecule has 1 aliphatic rings. The Morgan fingerprint density at radius 1 is 0.886 bits per heavy atom. The second kappa shape index (κ2) is 11.6. The lowest BCUT2D eigenvalue weighted by molar-refractivity contribution is 0.102. The topological polar surface area (TPSA) is 63.3 Å². The molecular formula is C28H33N3O4. The van der Waals surface area contributed by atoms with Crippen LogP contribution in [0.5, 0.6) is 17.2 Å². The van der Waals surface area contributed by atoms with Gasteiger partial charge in [-0.3, -0.25) is 4.79 Å². The maximum atomic E-state index is 13.0. The first-order valence-electron chi connectivity index (χ1n) is 11.9. The summed E-state index contributed by atoms with van der Waals surface area (Å²) in [5.41, 5.74) is 3.34. The Hall–Kier alpha value is -3.71. The van der Waals surface area contributed by atoms with Crippen molar-refractivity contribution in [1.82, 2.24) is 4.90 Å². The van der Waals surface area contributed by atoms with Crippen LogP contribution in [-0.2, 0) is 6.61 Å². The van der Waals surface area contributed by atoms with E-state index in [2.05, 4.69) is 34.2 Å². The van der Waals surface area contributed by atoms with Gasteiger partial charge in [-0.1, -0.05) is 37.3 Å². The number of carbonyl (C=O) groups excluding carboxylic acids is 1. The quantitative estimate of drug-likeness (QED) is 0.485. The molecule has 7 heteroatoms. The van der Waals surface area contributed by atoms with E-state index in [9.17, 15) is 4.79 Å². The molecule has 0 unspecified atom stereocenters. The van der Waals surface area contributed by atoms with Crippen molar-refractivity contribution in [1.29, 1.82) is 0 Å². The molecule has 3 aromatic carbocycles. The first-order valence-corrected chi connectivity index (χ1v) is 11.9. The van der Waals surface area contributed by atoms with Crippen molar-refractivity contribution in [2.75, 3.05) is 57.2 Å². The second-order valence-corrected chi connectivity index (χ2v) is 8.41. The number of nitrogens with one attached hydrogen (secondary N) is 1. The molecule has 0 aliphatic carbocycles. The summed E-state index contributed by atoms with van der Waals surface area (Å²) in [5, 5.41) is 2.97. The Balaban J connectivity index is 1.44. The number of amides is 1. The number of anilines is 2. The Morgan fingerprint density at radius 2 is 1.51 bits per heavy atom. The molecule has 0 saturated carbocycles. The maximum Gasteiger partial charge on any atom is 0.255 e. The van der Waals surface area contributed by atoms with Crippen LogP contribution in [-0.4, -0.2) is 57.8 Å². The van der Waals surface area contributed by atoms with Crippen molar-refractivity contribution >= 4 is 17.3 Å². The lowest BCUT2D eigenvalue weighted by atomic mass is 10.1. The fourth-order valence-corrected chi connectivity index (χ4v) is 4.16. The lowest BCUT2D eigenvalue weighted by Crippen LogP contribution is -2.46. The molecule has 1 N–H and O–H groups in total. The van der Waals surface area contributed by atoms with Crippen LogP contribution in [0.1, 0.15) is 22.8 Å². The Bertz CT molecular complexity index is 1090. The Kier molecular flexibility index (Phi) is 8.11. The normalized spacial score (nSPS) is 13.9. The zero-order chi connectivity index (χ0) is 24.6. The minimum atomic E-state index is -0.250. The highest BCUT2D eigenvalue weighted by Gasteiger charge is 2.19. The van der Waals surface area contributed by atoms with Crippen LogP contribution in [0.3, 0.4) is 0 Å². The molecule has 0 aromatic heterocycles. The summed E-state index contributed by atoms with van der Waals surface area (Å²) in [7, 11) is 3.09. The van der Waals surface area contributed by atoms with E-state index in [1.807, 2.05) is 42.5 Å². The summed E-state index contributed by atoms with van der Waals surface area (Å²) in [6.07, 6.45) is 0. The van der Waals surface area contributed by atoms with E-state index < -0.39 is 0 Å². The zero-order valence-corrected chi connectivity index (χ0v) is 20.6. The summed E-state index contributed by atoms with van der Waals surface area (Å²) in [5.74, 6) is 1.09. The molecule has 0 bridgehead atoms. The molecule has 7 nitrogen and oxygen atoms in total. The predicted molar refractivity (Wildman–Crippen MR) is 139 cm³/mol. The molecule has 1 amide bonds. The number of likely N-dealkylation sites (N-methyl/N-ethyl adjacent to an activating group) is 1. The van der Waals surface area contributed by atoms with Crippen molar-refractivity contribution in [3.05, 3.63) is 77.9 Å². The van der Waals surface area contributed by atoms with E-state index in [0.717, 1.165) is 44.0 Å². The van der Waals surface area contributed by atoms with Gasteiger partial charge in [0, 0.05) is 43.1 Å². The van der Waals surface area contributed by atoms with Crippen LogP contribution in [0, 0.1) is 0 Å². The minimum absolute atomic E-state index is 0.250. The summed E-state index contributed by atoms with van der Waals surface area (Å²) >= 11 is 0. The van der Waals surface area contributed by atoms with Gasteiger partial charge in [-0.15, -0.1) is 0 Å². The molecule has 1 fully saturated rings. The number of piperazine rings is 1. The summed E-state index contributed by atoms with van der Waals surface area (Å²) in [4.78, 5) is 17.8. The SMILES string of the molecule is CCN1CCN(c2ccc(NC(=O)c3cc(OC)c(OCc4ccccc4)c(OC)c3)cc2)CC1. The van der Waals surface area contributed by atoms with Gasteiger partial charge in [-0.05, 0) is 48.5 Å². The largest absolute Gasteiger partial charge is 0.493 e. The van der Waals surface area contributed by atoms with Crippen molar-refractivity contribution in [3.8, 4) is 17.2 Å². The monoisotopic (exact) mass is 475 g/mol. The molecule has 1 heterocycles. The van der Waals surface area contributed by atoms with E-state index >= 15 is 0 Å². The molecule has 3 aromatic rings. The second-order valence-electron chi connectivity index (χ2n) is 8.41. The average Bonchev–Trinajstić information content (AvgIpc) is 2.92. The Labute approximate surface area is 207 Å². The third kappa shape index (κ3) is 6.05. The van der Waals surface area contributed by atoms with E-state index in [1.165, 1.54) is 5.69 Å². The van der Waals surface area contributed by atoms with Crippen LogP contribution < -0.4 is 24.4 Å². The average molecular weight is 476 g/mol. The zero-order valence-electron chi connectivity index (χ0n) is 20.6. The highest BCUT2D eigenvalue weighted by molar-refractivity contribution is 6.05. The molecule has 184 valence electrons. The Morgan fingerprint density at radius 3 is 2.09 bits per heavy atom. The van der Waals surface area contributed by atoms with Crippen LogP contribution in [0.2, 0.25) is 0 Å². The van der Waals surface area contributed by atoms with Crippen molar-refractivity contribution in [3.63, 3.8) is 0 Å². The van der Waals surface area contributed by atoms with E-state index in [1.54, 1.807) is 26.4 Å². The van der Waals surface area contributed by atoms with Gasteiger partial charge in [0.05, 0.1) is 14.2 Å². The fraction of sp³-hybridized carbons (Fsp3) is 0.321. The highest BCUT2D eigenvalue weighted by atomic mass is 16.5. The summed E-state index contributed by atoms with van der Waals surface area (Å²) in [6.45, 7) is 7.82. The molecule has 4 rings (SSSR count). The molecule has 0 radical (unpaired) electrons. The maximum absolute atomic E-state index is 13.0. The fourth-order valence-electron chi connectivity index (χ4n) is 4.16. The number of rotatable bonds is 9. The van der Waals surface area contributed by atoms with Gasteiger partial charge >= 0.3 is 0 Å². The van der Waals surface area contributed by atoms with Crippen molar-refractivity contribution in [2.24, 2.45) is 0 Å². The first-order chi connectivity index (χ1) is 17.1. The minimum Gasteiger partial charge on any atom is -0.493 e. The number of carbonyl (C=O) groups is 1. The molecule has 1 saturated heterocycles. The van der Waals surface area contributed by atoms with E-state index in [-0.39, 0.29) is 5.91 Å². The van der Waals surface area contributed by atoms with Gasteiger partial charge in [0.15, 0.2) is 11.5 Å². The van der Waals surface area contributed by atoms with E-state index in [4.69, 9.17) is 14.2 Å². The van der Waals surface area contributed by atoms with Gasteiger partial charge < -0.3 is 29.3 Å². The molecule has 0 atom stereocenters. The van der Waals surface area contributed by atoms with Crippen LogP contribution in [0.4, 0.5) is 11.4 Å². The number of nitrogens with zero attached hydrogens (tertiary/aromatic N) is 2. The van der Waals surface area contributed by atoms with Crippen LogP contribution >= 0.6 is 0 Å². The van der Waals surface area contributed by atoms with Gasteiger partial charge in [0.25, 0.3) is 5.91 Å². The number of ether oxygens (including phenoxy) is 3. The highest BCUT2D eigenvalue weighted by Crippen LogP contribution is 2.39. The summed E-state index contributed by atoms with van der Waals surface area (Å²) < 4.78 is 17.0. The standard InChI is InChI=1S/C28H33N3O4/c1-4-30-14-16-31(17-15-30)24-12-10-23(11-13-24)29-28(32)22-18-25(33-2)27(26(19-22)34-3)35-20-21-8-6-5-7-9-21/h5-13,18-19H,4,14-17,20H2,1-3H3,(H,29,32). The smallest absolute Gasteiger partial charge is 0.255 e. The van der Waals surface area contributed by atoms with E-state index in [0.29, 0.717) is 29.4 Å². The number of benzene rings is 3. The molecule has 35 heavy (non-hydrogen) atoms. The van der Waals surface area contributed by atoms with Gasteiger partial charge in [0.1, 0.15) is 6.61 Å². The number of hydrogen-bond donors (Lipinski definition) is 1. The van der Waals surface area contributed by atoms with Crippen LogP contribution in [0.25, 0.3) is 0 Å². The van der Waals surface area contributed by atoms with Crippen molar-refractivity contribution < 1.29 is 19.0 Å². The van der Waals surface area contributed by atoms with Gasteiger partial charge in [0.2, 0.25) is 5.75 Å². The molecule has 1 aliphatic heterocycles.